The van der Waals surface area contributed by atoms with Crippen molar-refractivity contribution in [2.24, 2.45) is 0 Å². The van der Waals surface area contributed by atoms with Crippen molar-refractivity contribution in [3.63, 3.8) is 0 Å². The van der Waals surface area contributed by atoms with E-state index >= 15 is 0 Å². The van der Waals surface area contributed by atoms with Crippen molar-refractivity contribution >= 4 is 5.69 Å². The molecule has 0 atom stereocenters. The number of nitro groups is 1. The first kappa shape index (κ1) is 11.9. The molecule has 0 saturated heterocycles. The summed E-state index contributed by atoms with van der Waals surface area (Å²) in [7, 11) is 0. The van der Waals surface area contributed by atoms with Gasteiger partial charge >= 0.3 is 5.69 Å². The van der Waals surface area contributed by atoms with Gasteiger partial charge in [0, 0.05) is 6.07 Å². The van der Waals surface area contributed by atoms with Crippen LogP contribution in [-0.4, -0.2) is 10.0 Å². The average molecular weight is 235 g/mol. The molecule has 0 unspecified atom stereocenters. The standard InChI is InChI=1S/C13H17NO3/c15-13-8-7-11(9-12(13)14(16)17)10-5-3-1-2-4-6-10/h7-10,15H,1-6H2. The second-order valence-electron chi connectivity index (χ2n) is 4.69. The Morgan fingerprint density at radius 3 is 2.41 bits per heavy atom. The number of hydrogen-bond acceptors (Lipinski definition) is 3. The van der Waals surface area contributed by atoms with Crippen molar-refractivity contribution in [1.82, 2.24) is 0 Å². The minimum Gasteiger partial charge on any atom is -0.502 e. The highest BCUT2D eigenvalue weighted by Crippen LogP contribution is 2.35. The second kappa shape index (κ2) is 5.17. The zero-order valence-electron chi connectivity index (χ0n) is 9.76. The lowest BCUT2D eigenvalue weighted by Gasteiger charge is -2.14. The van der Waals surface area contributed by atoms with Crippen LogP contribution in [0.25, 0.3) is 0 Å². The highest BCUT2D eigenvalue weighted by atomic mass is 16.6. The van der Waals surface area contributed by atoms with E-state index < -0.39 is 4.92 Å². The third kappa shape index (κ3) is 2.75. The van der Waals surface area contributed by atoms with E-state index in [0.717, 1.165) is 18.4 Å². The van der Waals surface area contributed by atoms with Gasteiger partial charge in [-0.15, -0.1) is 0 Å². The van der Waals surface area contributed by atoms with Crippen molar-refractivity contribution in [2.75, 3.05) is 0 Å². The summed E-state index contributed by atoms with van der Waals surface area (Å²) in [5.41, 5.74) is 0.822. The van der Waals surface area contributed by atoms with Gasteiger partial charge < -0.3 is 5.11 Å². The van der Waals surface area contributed by atoms with Gasteiger partial charge in [-0.25, -0.2) is 0 Å². The van der Waals surface area contributed by atoms with Gasteiger partial charge in [0.05, 0.1) is 4.92 Å². The predicted octanol–water partition coefficient (Wildman–Crippen LogP) is 3.74. The predicted molar refractivity (Wildman–Crippen MR) is 65.2 cm³/mol. The molecule has 0 radical (unpaired) electrons. The van der Waals surface area contributed by atoms with E-state index in [1.165, 1.54) is 37.8 Å². The fourth-order valence-corrected chi connectivity index (χ4v) is 2.55. The molecule has 0 bridgehead atoms. The van der Waals surface area contributed by atoms with Crippen molar-refractivity contribution in [3.05, 3.63) is 33.9 Å². The van der Waals surface area contributed by atoms with Crippen LogP contribution in [0.2, 0.25) is 0 Å². The van der Waals surface area contributed by atoms with Gasteiger partial charge in [0.25, 0.3) is 0 Å². The Kier molecular flexibility index (Phi) is 3.61. The van der Waals surface area contributed by atoms with Gasteiger partial charge in [0.15, 0.2) is 5.75 Å². The van der Waals surface area contributed by atoms with E-state index in [-0.39, 0.29) is 11.4 Å². The zero-order chi connectivity index (χ0) is 12.3. The van der Waals surface area contributed by atoms with Crippen LogP contribution in [0.4, 0.5) is 5.69 Å². The first-order valence-corrected chi connectivity index (χ1v) is 6.16. The lowest BCUT2D eigenvalue weighted by Crippen LogP contribution is -1.98. The molecule has 0 aliphatic heterocycles. The summed E-state index contributed by atoms with van der Waals surface area (Å²) in [6.07, 6.45) is 7.11. The van der Waals surface area contributed by atoms with Crippen molar-refractivity contribution in [3.8, 4) is 5.75 Å². The lowest BCUT2D eigenvalue weighted by molar-refractivity contribution is -0.385. The SMILES string of the molecule is O=[N+]([O-])c1cc(C2CCCCCC2)ccc1O. The molecule has 0 amide bonds. The van der Waals surface area contributed by atoms with Gasteiger partial charge in [0.2, 0.25) is 0 Å². The summed E-state index contributed by atoms with van der Waals surface area (Å²) in [6.45, 7) is 0. The van der Waals surface area contributed by atoms with Crippen molar-refractivity contribution < 1.29 is 10.0 Å². The van der Waals surface area contributed by atoms with Crippen LogP contribution < -0.4 is 0 Å². The molecule has 0 spiro atoms. The number of nitro benzene ring substituents is 1. The van der Waals surface area contributed by atoms with E-state index in [2.05, 4.69) is 0 Å². The number of aromatic hydroxyl groups is 1. The van der Waals surface area contributed by atoms with Crippen LogP contribution in [-0.2, 0) is 0 Å². The number of phenols is 1. The quantitative estimate of drug-likeness (QED) is 0.482. The summed E-state index contributed by atoms with van der Waals surface area (Å²) < 4.78 is 0. The van der Waals surface area contributed by atoms with Crippen LogP contribution in [0, 0.1) is 10.1 Å². The molecular formula is C13H17NO3. The second-order valence-corrected chi connectivity index (χ2v) is 4.69. The Morgan fingerprint density at radius 1 is 1.18 bits per heavy atom. The Hall–Kier alpha value is -1.58. The molecule has 0 heterocycles. The third-order valence-corrected chi connectivity index (χ3v) is 3.52. The van der Waals surface area contributed by atoms with Crippen LogP contribution in [0.3, 0.4) is 0 Å². The number of phenolic OH excluding ortho intramolecular Hbond substituents is 1. The molecule has 17 heavy (non-hydrogen) atoms. The van der Waals surface area contributed by atoms with Crippen LogP contribution in [0.1, 0.15) is 50.0 Å². The average Bonchev–Trinajstić information content (AvgIpc) is 2.58. The molecule has 1 aromatic carbocycles. The van der Waals surface area contributed by atoms with Crippen LogP contribution in [0.5, 0.6) is 5.75 Å². The molecular weight excluding hydrogens is 218 g/mol. The minimum absolute atomic E-state index is 0.174. The first-order valence-electron chi connectivity index (χ1n) is 6.16. The maximum Gasteiger partial charge on any atom is 0.310 e. The molecule has 1 aliphatic rings. The molecule has 2 rings (SSSR count). The summed E-state index contributed by atoms with van der Waals surface area (Å²) in [5, 5.41) is 20.2. The van der Waals surface area contributed by atoms with Crippen LogP contribution >= 0.6 is 0 Å². The zero-order valence-corrected chi connectivity index (χ0v) is 9.76. The monoisotopic (exact) mass is 235 g/mol. The van der Waals surface area contributed by atoms with Gasteiger partial charge in [-0.05, 0) is 30.4 Å². The largest absolute Gasteiger partial charge is 0.502 e. The summed E-state index contributed by atoms with van der Waals surface area (Å²) in [4.78, 5) is 10.3. The van der Waals surface area contributed by atoms with E-state index in [0.29, 0.717) is 5.92 Å². The smallest absolute Gasteiger partial charge is 0.310 e. The summed E-state index contributed by atoms with van der Waals surface area (Å²) in [5.74, 6) is 0.171. The maximum absolute atomic E-state index is 10.8. The molecule has 4 heteroatoms. The molecule has 1 N–H and O–H groups in total. The normalized spacial score (nSPS) is 17.6. The van der Waals surface area contributed by atoms with Crippen molar-refractivity contribution in [2.45, 2.75) is 44.4 Å². The summed E-state index contributed by atoms with van der Waals surface area (Å²) >= 11 is 0. The van der Waals surface area contributed by atoms with E-state index in [4.69, 9.17) is 0 Å². The lowest BCUT2D eigenvalue weighted by atomic mass is 9.91. The number of rotatable bonds is 2. The topological polar surface area (TPSA) is 63.4 Å². The Balaban J connectivity index is 2.25. The van der Waals surface area contributed by atoms with Gasteiger partial charge in [-0.1, -0.05) is 31.7 Å². The molecule has 1 aliphatic carbocycles. The fraction of sp³-hybridized carbons (Fsp3) is 0.538. The van der Waals surface area contributed by atoms with E-state index in [1.54, 1.807) is 0 Å². The minimum atomic E-state index is -0.518. The molecule has 1 fully saturated rings. The van der Waals surface area contributed by atoms with Crippen LogP contribution in [0.15, 0.2) is 18.2 Å². The van der Waals surface area contributed by atoms with E-state index in [1.807, 2.05) is 6.07 Å². The Labute approximate surface area is 100 Å². The van der Waals surface area contributed by atoms with Crippen molar-refractivity contribution in [1.29, 1.82) is 0 Å². The van der Waals surface area contributed by atoms with Gasteiger partial charge in [-0.3, -0.25) is 10.1 Å². The number of hydrogen-bond donors (Lipinski definition) is 1. The van der Waals surface area contributed by atoms with Gasteiger partial charge in [0.1, 0.15) is 0 Å². The summed E-state index contributed by atoms with van der Waals surface area (Å²) in [6, 6.07) is 4.79. The highest BCUT2D eigenvalue weighted by Gasteiger charge is 2.19. The molecule has 4 nitrogen and oxygen atoms in total. The fourth-order valence-electron chi connectivity index (χ4n) is 2.55. The van der Waals surface area contributed by atoms with E-state index in [9.17, 15) is 15.2 Å². The molecule has 0 aromatic heterocycles. The Bertz CT molecular complexity index is 409. The number of nitrogens with zero attached hydrogens (tertiary/aromatic N) is 1. The third-order valence-electron chi connectivity index (χ3n) is 3.52. The molecule has 92 valence electrons. The molecule has 1 saturated carbocycles. The first-order chi connectivity index (χ1) is 8.18. The highest BCUT2D eigenvalue weighted by molar-refractivity contribution is 5.48. The van der Waals surface area contributed by atoms with Gasteiger partial charge in [-0.2, -0.15) is 0 Å². The number of benzene rings is 1. The maximum atomic E-state index is 10.8. The Morgan fingerprint density at radius 2 is 1.82 bits per heavy atom. The molecule has 1 aromatic rings.